The van der Waals surface area contributed by atoms with E-state index in [1.165, 1.54) is 56.1 Å². The maximum absolute atomic E-state index is 6.28. The molecule has 0 amide bonds. The molecule has 2 nitrogen and oxygen atoms in total. The van der Waals surface area contributed by atoms with Crippen LogP contribution >= 0.6 is 11.6 Å². The van der Waals surface area contributed by atoms with Crippen LogP contribution in [-0.4, -0.2) is 17.7 Å². The molecule has 0 spiro atoms. The lowest BCUT2D eigenvalue weighted by Gasteiger charge is -2.22. The third kappa shape index (κ3) is 3.18. The van der Waals surface area contributed by atoms with Crippen LogP contribution in [0.3, 0.4) is 0 Å². The third-order valence-corrected chi connectivity index (χ3v) is 4.76. The lowest BCUT2D eigenvalue weighted by atomic mass is 9.92. The van der Waals surface area contributed by atoms with Crippen LogP contribution in [0.2, 0.25) is 5.02 Å². The zero-order chi connectivity index (χ0) is 13.8. The van der Waals surface area contributed by atoms with Gasteiger partial charge in [0, 0.05) is 23.6 Å². The molecular weight excluding hydrogens is 268 g/mol. The molecule has 0 radical (unpaired) electrons. The summed E-state index contributed by atoms with van der Waals surface area (Å²) in [6.45, 7) is 3.50. The van der Waals surface area contributed by atoms with Gasteiger partial charge in [-0.15, -0.1) is 0 Å². The molecule has 1 aromatic carbocycles. The van der Waals surface area contributed by atoms with E-state index in [1.807, 2.05) is 0 Å². The quantitative estimate of drug-likeness (QED) is 0.804. The number of nitrogens with zero attached hydrogens (tertiary/aromatic N) is 1. The van der Waals surface area contributed by atoms with Gasteiger partial charge in [0.1, 0.15) is 0 Å². The Balaban J connectivity index is 1.52. The fourth-order valence-electron chi connectivity index (χ4n) is 3.27. The highest BCUT2D eigenvalue weighted by Crippen LogP contribution is 2.26. The summed E-state index contributed by atoms with van der Waals surface area (Å²) in [5.41, 5.74) is 1.26. The number of nitrogens with one attached hydrogen (secondary N) is 1. The molecule has 1 saturated heterocycles. The van der Waals surface area contributed by atoms with E-state index in [9.17, 15) is 0 Å². The molecule has 0 unspecified atom stereocenters. The molecule has 2 heterocycles. The van der Waals surface area contributed by atoms with Crippen molar-refractivity contribution in [2.24, 2.45) is 5.92 Å². The van der Waals surface area contributed by atoms with Gasteiger partial charge in [0.2, 0.25) is 0 Å². The summed E-state index contributed by atoms with van der Waals surface area (Å²) in [4.78, 5) is 0. The second kappa shape index (κ2) is 6.64. The van der Waals surface area contributed by atoms with Crippen molar-refractivity contribution in [1.82, 2.24) is 9.88 Å². The van der Waals surface area contributed by atoms with E-state index in [1.54, 1.807) is 0 Å². The lowest BCUT2D eigenvalue weighted by molar-refractivity contribution is 0.341. The van der Waals surface area contributed by atoms with Crippen molar-refractivity contribution in [3.63, 3.8) is 0 Å². The van der Waals surface area contributed by atoms with Crippen LogP contribution in [0.1, 0.15) is 32.1 Å². The summed E-state index contributed by atoms with van der Waals surface area (Å²) >= 11 is 6.28. The molecule has 108 valence electrons. The molecule has 20 heavy (non-hydrogen) atoms. The molecule has 1 aromatic heterocycles. The second-order valence-corrected chi connectivity index (χ2v) is 6.28. The zero-order valence-corrected chi connectivity index (χ0v) is 12.7. The number of unbranched alkanes of at least 4 members (excludes halogenated alkanes) is 1. The van der Waals surface area contributed by atoms with Crippen molar-refractivity contribution in [3.8, 4) is 0 Å². The predicted molar refractivity (Wildman–Crippen MR) is 86.4 cm³/mol. The number of aryl methyl sites for hydroxylation is 1. The smallest absolute Gasteiger partial charge is 0.0661 e. The molecule has 1 N–H and O–H groups in total. The molecule has 0 atom stereocenters. The topological polar surface area (TPSA) is 17.0 Å². The van der Waals surface area contributed by atoms with Gasteiger partial charge in [-0.05, 0) is 44.3 Å². The Bertz CT molecular complexity index is 555. The minimum Gasteiger partial charge on any atom is -0.346 e. The Morgan fingerprint density at radius 2 is 1.95 bits per heavy atom. The third-order valence-electron chi connectivity index (χ3n) is 4.46. The van der Waals surface area contributed by atoms with Crippen molar-refractivity contribution < 1.29 is 0 Å². The number of aromatic nitrogens is 1. The molecule has 2 aromatic rings. The highest BCUT2D eigenvalue weighted by molar-refractivity contribution is 6.35. The summed E-state index contributed by atoms with van der Waals surface area (Å²) in [6.07, 6.45) is 8.76. The van der Waals surface area contributed by atoms with E-state index >= 15 is 0 Å². The van der Waals surface area contributed by atoms with E-state index in [0.717, 1.165) is 17.5 Å². The SMILES string of the molecule is Clc1cn(CCCCC2CCNCC2)c2ccccc12. The van der Waals surface area contributed by atoms with Gasteiger partial charge in [-0.2, -0.15) is 0 Å². The van der Waals surface area contributed by atoms with E-state index in [0.29, 0.717) is 0 Å². The lowest BCUT2D eigenvalue weighted by Crippen LogP contribution is -2.27. The highest BCUT2D eigenvalue weighted by Gasteiger charge is 2.12. The molecule has 3 rings (SSSR count). The Kier molecular flexibility index (Phi) is 4.64. The van der Waals surface area contributed by atoms with Crippen molar-refractivity contribution in [2.75, 3.05) is 13.1 Å². The van der Waals surface area contributed by atoms with Crippen molar-refractivity contribution >= 4 is 22.5 Å². The number of piperidine rings is 1. The molecular formula is C17H23ClN2. The first kappa shape index (κ1) is 14.0. The fraction of sp³-hybridized carbons (Fsp3) is 0.529. The molecule has 1 aliphatic rings. The Morgan fingerprint density at radius 1 is 1.15 bits per heavy atom. The van der Waals surface area contributed by atoms with Gasteiger partial charge in [-0.1, -0.05) is 42.6 Å². The number of fused-ring (bicyclic) bond motifs is 1. The Morgan fingerprint density at radius 3 is 2.80 bits per heavy atom. The van der Waals surface area contributed by atoms with Crippen LogP contribution in [0.25, 0.3) is 10.9 Å². The van der Waals surface area contributed by atoms with Crippen molar-refractivity contribution in [2.45, 2.75) is 38.6 Å². The van der Waals surface area contributed by atoms with E-state index < -0.39 is 0 Å². The minimum absolute atomic E-state index is 0.874. The predicted octanol–water partition coefficient (Wildman–Crippen LogP) is 4.46. The number of hydrogen-bond acceptors (Lipinski definition) is 1. The summed E-state index contributed by atoms with van der Waals surface area (Å²) in [5, 5.41) is 5.48. The van der Waals surface area contributed by atoms with Gasteiger partial charge in [-0.25, -0.2) is 0 Å². The summed E-state index contributed by atoms with van der Waals surface area (Å²) in [7, 11) is 0. The first-order chi connectivity index (χ1) is 9.84. The first-order valence-corrected chi connectivity index (χ1v) is 8.16. The number of para-hydroxylation sites is 1. The molecule has 1 fully saturated rings. The van der Waals surface area contributed by atoms with E-state index in [4.69, 9.17) is 11.6 Å². The summed E-state index contributed by atoms with van der Waals surface area (Å²) in [6, 6.07) is 8.40. The van der Waals surface area contributed by atoms with Crippen LogP contribution in [0.15, 0.2) is 30.5 Å². The zero-order valence-electron chi connectivity index (χ0n) is 11.9. The Hall–Kier alpha value is -0.990. The molecule has 0 aliphatic carbocycles. The molecule has 3 heteroatoms. The number of hydrogen-bond donors (Lipinski definition) is 1. The number of halogens is 1. The van der Waals surface area contributed by atoms with Crippen LogP contribution in [0.5, 0.6) is 0 Å². The number of benzene rings is 1. The maximum Gasteiger partial charge on any atom is 0.0661 e. The van der Waals surface area contributed by atoms with E-state index in [2.05, 4.69) is 40.3 Å². The largest absolute Gasteiger partial charge is 0.346 e. The summed E-state index contributed by atoms with van der Waals surface area (Å²) in [5.74, 6) is 0.946. The molecule has 1 aliphatic heterocycles. The minimum atomic E-state index is 0.874. The molecule has 0 bridgehead atoms. The standard InChI is InChI=1S/C17H23ClN2/c18-16-13-20(17-7-2-1-6-15(16)17)12-4-3-5-14-8-10-19-11-9-14/h1-2,6-7,13-14,19H,3-5,8-12H2. The van der Waals surface area contributed by atoms with Gasteiger partial charge in [-0.3, -0.25) is 0 Å². The molecule has 0 saturated carbocycles. The van der Waals surface area contributed by atoms with Crippen LogP contribution < -0.4 is 5.32 Å². The summed E-state index contributed by atoms with van der Waals surface area (Å²) < 4.78 is 2.31. The van der Waals surface area contributed by atoms with Gasteiger partial charge in [0.05, 0.1) is 5.02 Å². The maximum atomic E-state index is 6.28. The second-order valence-electron chi connectivity index (χ2n) is 5.88. The average Bonchev–Trinajstić information content (AvgIpc) is 2.82. The van der Waals surface area contributed by atoms with Crippen molar-refractivity contribution in [3.05, 3.63) is 35.5 Å². The van der Waals surface area contributed by atoms with E-state index in [-0.39, 0.29) is 0 Å². The monoisotopic (exact) mass is 290 g/mol. The average molecular weight is 291 g/mol. The van der Waals surface area contributed by atoms with Crippen LogP contribution in [-0.2, 0) is 6.54 Å². The van der Waals surface area contributed by atoms with Gasteiger partial charge >= 0.3 is 0 Å². The van der Waals surface area contributed by atoms with Crippen LogP contribution in [0, 0.1) is 5.92 Å². The van der Waals surface area contributed by atoms with Crippen molar-refractivity contribution in [1.29, 1.82) is 0 Å². The Labute approximate surface area is 126 Å². The van der Waals surface area contributed by atoms with Gasteiger partial charge < -0.3 is 9.88 Å². The number of rotatable bonds is 5. The fourth-order valence-corrected chi connectivity index (χ4v) is 3.55. The van der Waals surface area contributed by atoms with Gasteiger partial charge in [0.25, 0.3) is 0 Å². The van der Waals surface area contributed by atoms with Crippen LogP contribution in [0.4, 0.5) is 0 Å². The first-order valence-electron chi connectivity index (χ1n) is 7.78. The normalized spacial score (nSPS) is 16.9. The highest BCUT2D eigenvalue weighted by atomic mass is 35.5. The van der Waals surface area contributed by atoms with Gasteiger partial charge in [0.15, 0.2) is 0 Å².